The van der Waals surface area contributed by atoms with E-state index in [4.69, 9.17) is 5.26 Å². The van der Waals surface area contributed by atoms with Crippen LogP contribution in [-0.4, -0.2) is 44.0 Å². The Labute approximate surface area is 138 Å². The largest absolute Gasteiger partial charge is 0.349 e. The van der Waals surface area contributed by atoms with Gasteiger partial charge >= 0.3 is 0 Å². The van der Waals surface area contributed by atoms with Gasteiger partial charge in [0.1, 0.15) is 0 Å². The molecule has 0 atom stereocenters. The van der Waals surface area contributed by atoms with Gasteiger partial charge in [-0.1, -0.05) is 15.9 Å². The maximum Gasteiger partial charge on any atom is 0.252 e. The van der Waals surface area contributed by atoms with Crippen LogP contribution in [0.5, 0.6) is 0 Å². The molecule has 1 aliphatic rings. The number of carbonyl (C=O) groups is 1. The van der Waals surface area contributed by atoms with Gasteiger partial charge in [0, 0.05) is 23.6 Å². The number of nitrogens with one attached hydrogen (secondary N) is 1. The van der Waals surface area contributed by atoms with Crippen molar-refractivity contribution in [2.45, 2.75) is 18.9 Å². The van der Waals surface area contributed by atoms with Crippen molar-refractivity contribution < 1.29 is 13.2 Å². The lowest BCUT2D eigenvalue weighted by atomic mass is 10.0. The fourth-order valence-electron chi connectivity index (χ4n) is 2.40. The molecule has 0 aliphatic carbocycles. The number of nitrogens with zero attached hydrogens (tertiary/aromatic N) is 2. The Hall–Kier alpha value is -1.43. The summed E-state index contributed by atoms with van der Waals surface area (Å²) in [4.78, 5) is 12.3. The third-order valence-electron chi connectivity index (χ3n) is 3.60. The fraction of sp³-hybridized carbons (Fsp3) is 0.429. The molecular formula is C14H16BrN3O3S. The Morgan fingerprint density at radius 3 is 2.59 bits per heavy atom. The number of benzene rings is 1. The molecule has 0 saturated carbocycles. The van der Waals surface area contributed by atoms with E-state index in [9.17, 15) is 13.2 Å². The first-order chi connectivity index (χ1) is 10.3. The van der Waals surface area contributed by atoms with Crippen LogP contribution < -0.4 is 5.32 Å². The molecular weight excluding hydrogens is 370 g/mol. The number of sulfonamides is 1. The Bertz CT molecular complexity index is 719. The van der Waals surface area contributed by atoms with Gasteiger partial charge in [0.25, 0.3) is 5.91 Å². The number of hydrogen-bond acceptors (Lipinski definition) is 4. The Balaban J connectivity index is 2.01. The second-order valence-electron chi connectivity index (χ2n) is 5.21. The number of halogens is 1. The van der Waals surface area contributed by atoms with E-state index >= 15 is 0 Å². The third-order valence-corrected chi connectivity index (χ3v) is 5.40. The summed E-state index contributed by atoms with van der Waals surface area (Å²) in [5.74, 6) is -0.304. The van der Waals surface area contributed by atoms with Crippen molar-refractivity contribution in [2.75, 3.05) is 19.3 Å². The lowest BCUT2D eigenvalue weighted by Gasteiger charge is -2.30. The highest BCUT2D eigenvalue weighted by atomic mass is 79.9. The molecule has 1 amide bonds. The van der Waals surface area contributed by atoms with E-state index in [0.29, 0.717) is 37.1 Å². The van der Waals surface area contributed by atoms with Gasteiger partial charge in [0.2, 0.25) is 10.0 Å². The van der Waals surface area contributed by atoms with Crippen LogP contribution in [0.25, 0.3) is 0 Å². The maximum absolute atomic E-state index is 12.3. The summed E-state index contributed by atoms with van der Waals surface area (Å²) in [6.45, 7) is 0.796. The summed E-state index contributed by atoms with van der Waals surface area (Å²) < 4.78 is 25.1. The molecule has 1 heterocycles. The molecule has 0 bridgehead atoms. The van der Waals surface area contributed by atoms with Crippen LogP contribution in [-0.2, 0) is 10.0 Å². The molecule has 6 nitrogen and oxygen atoms in total. The maximum atomic E-state index is 12.3. The zero-order chi connectivity index (χ0) is 16.3. The molecule has 0 unspecified atom stereocenters. The molecule has 118 valence electrons. The number of piperidine rings is 1. The van der Waals surface area contributed by atoms with Gasteiger partial charge in [0.15, 0.2) is 0 Å². The lowest BCUT2D eigenvalue weighted by Crippen LogP contribution is -2.46. The van der Waals surface area contributed by atoms with Crippen LogP contribution >= 0.6 is 15.9 Å². The van der Waals surface area contributed by atoms with Crippen molar-refractivity contribution in [1.29, 1.82) is 5.26 Å². The van der Waals surface area contributed by atoms with E-state index in [1.807, 2.05) is 6.07 Å². The monoisotopic (exact) mass is 385 g/mol. The predicted octanol–water partition coefficient (Wildman–Crippen LogP) is 1.47. The summed E-state index contributed by atoms with van der Waals surface area (Å²) in [7, 11) is -3.17. The minimum absolute atomic E-state index is 0.0827. The third kappa shape index (κ3) is 4.06. The average Bonchev–Trinajstić information content (AvgIpc) is 2.46. The normalized spacial score (nSPS) is 17.0. The number of nitriles is 1. The second-order valence-corrected chi connectivity index (χ2v) is 8.11. The molecule has 1 saturated heterocycles. The topological polar surface area (TPSA) is 90.3 Å². The molecule has 0 spiro atoms. The Morgan fingerprint density at radius 2 is 2.05 bits per heavy atom. The van der Waals surface area contributed by atoms with Crippen LogP contribution in [0.3, 0.4) is 0 Å². The van der Waals surface area contributed by atoms with Crippen LogP contribution in [0.15, 0.2) is 22.7 Å². The highest BCUT2D eigenvalue weighted by Crippen LogP contribution is 2.18. The van der Waals surface area contributed by atoms with Gasteiger partial charge in [0.05, 0.1) is 23.5 Å². The first-order valence-corrected chi connectivity index (χ1v) is 9.41. The van der Waals surface area contributed by atoms with Crippen LogP contribution in [0.1, 0.15) is 28.8 Å². The highest BCUT2D eigenvalue weighted by Gasteiger charge is 2.26. The molecule has 8 heteroatoms. The molecule has 1 aromatic rings. The van der Waals surface area contributed by atoms with E-state index in [1.54, 1.807) is 18.2 Å². The number of amides is 1. The molecule has 0 aromatic heterocycles. The average molecular weight is 386 g/mol. The van der Waals surface area contributed by atoms with Crippen molar-refractivity contribution in [1.82, 2.24) is 9.62 Å². The fourth-order valence-corrected chi connectivity index (χ4v) is 3.64. The highest BCUT2D eigenvalue weighted by molar-refractivity contribution is 9.10. The van der Waals surface area contributed by atoms with E-state index in [2.05, 4.69) is 21.2 Å². The molecule has 1 fully saturated rings. The summed E-state index contributed by atoms with van der Waals surface area (Å²) in [6.07, 6.45) is 2.32. The molecule has 2 rings (SSSR count). The summed E-state index contributed by atoms with van der Waals surface area (Å²) in [5, 5.41) is 12.0. The molecule has 0 radical (unpaired) electrons. The van der Waals surface area contributed by atoms with Gasteiger partial charge in [-0.25, -0.2) is 12.7 Å². The zero-order valence-electron chi connectivity index (χ0n) is 12.0. The van der Waals surface area contributed by atoms with Crippen molar-refractivity contribution in [3.8, 4) is 6.07 Å². The van der Waals surface area contributed by atoms with E-state index in [1.165, 1.54) is 10.6 Å². The molecule has 1 aliphatic heterocycles. The second kappa shape index (κ2) is 6.77. The molecule has 1 N–H and O–H groups in total. The minimum atomic E-state index is -3.17. The van der Waals surface area contributed by atoms with Crippen molar-refractivity contribution >= 4 is 31.9 Å². The first-order valence-electron chi connectivity index (χ1n) is 6.77. The smallest absolute Gasteiger partial charge is 0.252 e. The Kier molecular flexibility index (Phi) is 5.21. The van der Waals surface area contributed by atoms with E-state index < -0.39 is 10.0 Å². The summed E-state index contributed by atoms with van der Waals surface area (Å²) in [5.41, 5.74) is 0.636. The lowest BCUT2D eigenvalue weighted by molar-refractivity contribution is 0.0923. The zero-order valence-corrected chi connectivity index (χ0v) is 14.4. The van der Waals surface area contributed by atoms with Crippen molar-refractivity contribution in [2.24, 2.45) is 0 Å². The molecule has 22 heavy (non-hydrogen) atoms. The van der Waals surface area contributed by atoms with Gasteiger partial charge in [-0.15, -0.1) is 0 Å². The van der Waals surface area contributed by atoms with Gasteiger partial charge < -0.3 is 5.32 Å². The van der Waals surface area contributed by atoms with Crippen LogP contribution in [0, 0.1) is 11.3 Å². The van der Waals surface area contributed by atoms with Gasteiger partial charge in [-0.2, -0.15) is 5.26 Å². The van der Waals surface area contributed by atoms with Crippen molar-refractivity contribution in [3.63, 3.8) is 0 Å². The quantitative estimate of drug-likeness (QED) is 0.852. The predicted molar refractivity (Wildman–Crippen MR) is 85.8 cm³/mol. The minimum Gasteiger partial charge on any atom is -0.349 e. The standard InChI is InChI=1S/C14H16BrN3O3S/c1-22(20,21)18-6-4-12(5-7-18)17-14(19)13-3-2-11(15)8-10(13)9-16/h2-3,8,12H,4-7H2,1H3,(H,17,19). The Morgan fingerprint density at radius 1 is 1.41 bits per heavy atom. The summed E-state index contributed by atoms with van der Waals surface area (Å²) in [6, 6.07) is 6.83. The SMILES string of the molecule is CS(=O)(=O)N1CCC(NC(=O)c2ccc(Br)cc2C#N)CC1. The van der Waals surface area contributed by atoms with Gasteiger partial charge in [-0.05, 0) is 31.0 Å². The molecule has 1 aromatic carbocycles. The number of carbonyl (C=O) groups excluding carboxylic acids is 1. The van der Waals surface area contributed by atoms with Gasteiger partial charge in [-0.3, -0.25) is 4.79 Å². The van der Waals surface area contributed by atoms with E-state index in [-0.39, 0.29) is 11.9 Å². The summed E-state index contributed by atoms with van der Waals surface area (Å²) >= 11 is 3.26. The first kappa shape index (κ1) is 16.9. The van der Waals surface area contributed by atoms with E-state index in [0.717, 1.165) is 4.47 Å². The van der Waals surface area contributed by atoms with Crippen LogP contribution in [0.4, 0.5) is 0 Å². The number of rotatable bonds is 3. The van der Waals surface area contributed by atoms with Crippen molar-refractivity contribution in [3.05, 3.63) is 33.8 Å². The number of hydrogen-bond donors (Lipinski definition) is 1. The van der Waals surface area contributed by atoms with Crippen LogP contribution in [0.2, 0.25) is 0 Å².